The molecule has 0 aromatic heterocycles. The summed E-state index contributed by atoms with van der Waals surface area (Å²) in [7, 11) is 0. The number of carbonyl (C=O) groups is 2. The van der Waals surface area contributed by atoms with Gasteiger partial charge in [0.05, 0.1) is 5.56 Å². The van der Waals surface area contributed by atoms with Gasteiger partial charge in [0.1, 0.15) is 0 Å². The van der Waals surface area contributed by atoms with Crippen LogP contribution in [0.2, 0.25) is 0 Å². The Kier molecular flexibility index (Phi) is 11.7. The summed E-state index contributed by atoms with van der Waals surface area (Å²) in [5, 5.41) is 0. The molecule has 7 rings (SSSR count). The number of carbonyl (C=O) groups excluding carboxylic acids is 2. The van der Waals surface area contributed by atoms with E-state index < -0.39 is 11.7 Å². The van der Waals surface area contributed by atoms with E-state index in [1.165, 1.54) is 23.3 Å². The zero-order valence-corrected chi connectivity index (χ0v) is 29.8. The summed E-state index contributed by atoms with van der Waals surface area (Å²) >= 11 is 3.41. The van der Waals surface area contributed by atoms with Gasteiger partial charge in [-0.15, -0.1) is 0 Å². The van der Waals surface area contributed by atoms with Crippen LogP contribution in [0.25, 0.3) is 11.1 Å². The first-order valence-electron chi connectivity index (χ1n) is 17.4. The van der Waals surface area contributed by atoms with Crippen molar-refractivity contribution in [3.63, 3.8) is 0 Å². The van der Waals surface area contributed by atoms with Gasteiger partial charge < -0.3 is 9.80 Å². The zero-order chi connectivity index (χ0) is 35.8. The normalized spacial score (nSPS) is 17.6. The van der Waals surface area contributed by atoms with Gasteiger partial charge in [0.15, 0.2) is 0 Å². The maximum Gasteiger partial charge on any atom is 0.417 e. The van der Waals surface area contributed by atoms with E-state index in [1.807, 2.05) is 58.3 Å². The number of alkyl halides is 3. The fourth-order valence-corrected chi connectivity index (χ4v) is 7.31. The van der Waals surface area contributed by atoms with Crippen molar-refractivity contribution in [3.05, 3.63) is 166 Å². The third-order valence-electron chi connectivity index (χ3n) is 9.73. The van der Waals surface area contributed by atoms with Crippen LogP contribution in [-0.2, 0) is 6.18 Å². The van der Waals surface area contributed by atoms with Crippen LogP contribution >= 0.6 is 15.9 Å². The van der Waals surface area contributed by atoms with E-state index in [0.717, 1.165) is 54.9 Å². The molecule has 2 atom stereocenters. The van der Waals surface area contributed by atoms with Crippen molar-refractivity contribution in [1.29, 1.82) is 0 Å². The van der Waals surface area contributed by atoms with Crippen LogP contribution in [0.5, 0.6) is 0 Å². The fourth-order valence-electron chi connectivity index (χ4n) is 7.05. The minimum absolute atomic E-state index is 0.0775. The quantitative estimate of drug-likeness (QED) is 0.179. The Hall–Kier alpha value is -4.69. The SMILES string of the molecule is O=C(c1ccc(-c2ccccc2C(F)(F)F)cc1)N1CCCC(c2ccccc2)C1.O=C(c1ccc(Br)cc1)N1CCCC(c2ccccc2)C1. The van der Waals surface area contributed by atoms with Crippen LogP contribution in [0.1, 0.15) is 74.9 Å². The molecule has 2 amide bonds. The Bertz CT molecular complexity index is 1900. The average molecular weight is 754 g/mol. The van der Waals surface area contributed by atoms with Crippen LogP contribution < -0.4 is 0 Å². The molecule has 2 aliphatic rings. The monoisotopic (exact) mass is 752 g/mol. The van der Waals surface area contributed by atoms with E-state index in [-0.39, 0.29) is 17.4 Å². The van der Waals surface area contributed by atoms with Crippen molar-refractivity contribution in [1.82, 2.24) is 9.80 Å². The molecule has 0 aliphatic carbocycles. The molecule has 5 aromatic carbocycles. The number of halogens is 4. The molecular formula is C43H40BrF3N2O2. The smallest absolute Gasteiger partial charge is 0.338 e. The molecule has 0 N–H and O–H groups in total. The lowest BCUT2D eigenvalue weighted by molar-refractivity contribution is -0.137. The molecule has 0 radical (unpaired) electrons. The topological polar surface area (TPSA) is 40.6 Å². The second-order valence-corrected chi connectivity index (χ2v) is 14.0. The van der Waals surface area contributed by atoms with E-state index in [4.69, 9.17) is 0 Å². The Morgan fingerprint density at radius 3 is 1.47 bits per heavy atom. The van der Waals surface area contributed by atoms with Crippen molar-refractivity contribution in [2.45, 2.75) is 43.7 Å². The van der Waals surface area contributed by atoms with Gasteiger partial charge in [-0.25, -0.2) is 0 Å². The highest BCUT2D eigenvalue weighted by Gasteiger charge is 2.33. The van der Waals surface area contributed by atoms with Gasteiger partial charge >= 0.3 is 6.18 Å². The minimum atomic E-state index is -4.43. The largest absolute Gasteiger partial charge is 0.417 e. The first kappa shape index (κ1) is 36.1. The second-order valence-electron chi connectivity index (χ2n) is 13.1. The van der Waals surface area contributed by atoms with Crippen LogP contribution in [0.4, 0.5) is 13.2 Å². The Balaban J connectivity index is 0.000000187. The van der Waals surface area contributed by atoms with E-state index in [9.17, 15) is 22.8 Å². The lowest BCUT2D eigenvalue weighted by atomic mass is 9.90. The fraction of sp³-hybridized carbons (Fsp3) is 0.256. The molecule has 0 bridgehead atoms. The molecule has 0 saturated carbocycles. The minimum Gasteiger partial charge on any atom is -0.338 e. The maximum absolute atomic E-state index is 13.3. The van der Waals surface area contributed by atoms with Crippen LogP contribution in [0, 0.1) is 0 Å². The average Bonchev–Trinajstić information content (AvgIpc) is 3.18. The first-order chi connectivity index (χ1) is 24.7. The number of rotatable bonds is 5. The van der Waals surface area contributed by atoms with Crippen molar-refractivity contribution < 1.29 is 22.8 Å². The van der Waals surface area contributed by atoms with Crippen molar-refractivity contribution in [2.24, 2.45) is 0 Å². The number of nitrogens with zero attached hydrogens (tertiary/aromatic N) is 2. The number of amides is 2. The van der Waals surface area contributed by atoms with Crippen molar-refractivity contribution in [2.75, 3.05) is 26.2 Å². The summed E-state index contributed by atoms with van der Waals surface area (Å²) in [4.78, 5) is 29.4. The van der Waals surface area contributed by atoms with Crippen LogP contribution in [-0.4, -0.2) is 47.8 Å². The Morgan fingerprint density at radius 2 is 1.00 bits per heavy atom. The summed E-state index contributed by atoms with van der Waals surface area (Å²) in [5.41, 5.74) is 3.72. The lowest BCUT2D eigenvalue weighted by Crippen LogP contribution is -2.39. The van der Waals surface area contributed by atoms with Crippen LogP contribution in [0.15, 0.2) is 138 Å². The lowest BCUT2D eigenvalue weighted by Gasteiger charge is -2.33. The van der Waals surface area contributed by atoms with Gasteiger partial charge in [-0.3, -0.25) is 9.59 Å². The summed E-state index contributed by atoms with van der Waals surface area (Å²) in [6.45, 7) is 3.03. The van der Waals surface area contributed by atoms with Crippen LogP contribution in [0.3, 0.4) is 0 Å². The third kappa shape index (κ3) is 9.16. The number of hydrogen-bond donors (Lipinski definition) is 0. The van der Waals surface area contributed by atoms with Gasteiger partial charge in [0, 0.05) is 53.6 Å². The summed E-state index contributed by atoms with van der Waals surface area (Å²) < 4.78 is 40.9. The van der Waals surface area contributed by atoms with E-state index >= 15 is 0 Å². The number of hydrogen-bond acceptors (Lipinski definition) is 2. The highest BCUT2D eigenvalue weighted by molar-refractivity contribution is 9.10. The highest BCUT2D eigenvalue weighted by Crippen LogP contribution is 2.37. The van der Waals surface area contributed by atoms with Gasteiger partial charge in [-0.1, -0.05) is 107 Å². The number of benzene rings is 5. The molecule has 8 heteroatoms. The van der Waals surface area contributed by atoms with Crippen molar-refractivity contribution >= 4 is 27.7 Å². The Labute approximate surface area is 306 Å². The highest BCUT2D eigenvalue weighted by atomic mass is 79.9. The van der Waals surface area contributed by atoms with Gasteiger partial charge in [-0.05, 0) is 90.4 Å². The number of likely N-dealkylation sites (tertiary alicyclic amines) is 2. The third-order valence-corrected chi connectivity index (χ3v) is 10.3. The van der Waals surface area contributed by atoms with Gasteiger partial charge in [0.25, 0.3) is 11.8 Å². The predicted molar refractivity (Wildman–Crippen MR) is 200 cm³/mol. The Morgan fingerprint density at radius 1 is 0.569 bits per heavy atom. The summed E-state index contributed by atoms with van der Waals surface area (Å²) in [5.74, 6) is 0.829. The van der Waals surface area contributed by atoms with Gasteiger partial charge in [0.2, 0.25) is 0 Å². The molecule has 2 unspecified atom stereocenters. The van der Waals surface area contributed by atoms with E-state index in [1.54, 1.807) is 30.3 Å². The molecule has 5 aromatic rings. The molecular weight excluding hydrogens is 713 g/mol. The molecule has 2 heterocycles. The number of piperidine rings is 2. The predicted octanol–water partition coefficient (Wildman–Crippen LogP) is 10.9. The van der Waals surface area contributed by atoms with Crippen molar-refractivity contribution in [3.8, 4) is 11.1 Å². The second kappa shape index (κ2) is 16.6. The van der Waals surface area contributed by atoms with E-state index in [2.05, 4.69) is 52.3 Å². The summed E-state index contributed by atoms with van der Waals surface area (Å²) in [6.07, 6.45) is -0.218. The molecule has 51 heavy (non-hydrogen) atoms. The molecule has 4 nitrogen and oxygen atoms in total. The molecule has 0 spiro atoms. The zero-order valence-electron chi connectivity index (χ0n) is 28.2. The standard InChI is InChI=1S/C25H22F3NO.C18H18BrNO/c26-25(27,28)23-11-5-4-10-22(23)19-12-14-20(15-13-19)24(30)29-16-6-9-21(17-29)18-7-2-1-3-8-18;19-17-10-8-15(9-11-17)18(21)20-12-4-7-16(13-20)14-5-2-1-3-6-14/h1-5,7-8,10-15,21H,6,9,16-17H2;1-3,5-6,8-11,16H,4,7,12-13H2. The maximum atomic E-state index is 13.3. The molecule has 2 fully saturated rings. The van der Waals surface area contributed by atoms with Gasteiger partial charge in [-0.2, -0.15) is 13.2 Å². The summed E-state index contributed by atoms with van der Waals surface area (Å²) in [6, 6.07) is 40.2. The molecule has 2 aliphatic heterocycles. The molecule has 2 saturated heterocycles. The van der Waals surface area contributed by atoms with E-state index in [0.29, 0.717) is 36.1 Å². The molecule has 262 valence electrons. The first-order valence-corrected chi connectivity index (χ1v) is 18.2.